The highest BCUT2D eigenvalue weighted by Gasteiger charge is 2.19. The maximum atomic E-state index is 12.6. The molecule has 0 atom stereocenters. The zero-order valence-electron chi connectivity index (χ0n) is 15.2. The number of hydrogen-bond acceptors (Lipinski definition) is 4. The van der Waals surface area contributed by atoms with Gasteiger partial charge in [-0.15, -0.1) is 0 Å². The van der Waals surface area contributed by atoms with Crippen LogP contribution in [0.3, 0.4) is 0 Å². The normalized spacial score (nSPS) is 15.5. The number of aromatic nitrogens is 2. The number of carbonyl (C=O) groups excluding carboxylic acids is 1. The van der Waals surface area contributed by atoms with Crippen LogP contribution in [0.2, 0.25) is 0 Å². The van der Waals surface area contributed by atoms with Crippen molar-refractivity contribution in [2.45, 2.75) is 6.54 Å². The van der Waals surface area contributed by atoms with E-state index in [9.17, 15) is 4.79 Å². The quantitative estimate of drug-likeness (QED) is 0.673. The van der Waals surface area contributed by atoms with Gasteiger partial charge >= 0.3 is 0 Å². The Labute approximate surface area is 159 Å². The monoisotopic (exact) mass is 358 g/mol. The van der Waals surface area contributed by atoms with Gasteiger partial charge in [0, 0.05) is 68.3 Å². The second-order valence-electron chi connectivity index (χ2n) is 6.72. The van der Waals surface area contributed by atoms with Crippen molar-refractivity contribution < 1.29 is 4.79 Å². The molecule has 1 fully saturated rings. The summed E-state index contributed by atoms with van der Waals surface area (Å²) in [7, 11) is 0. The van der Waals surface area contributed by atoms with E-state index < -0.39 is 0 Å². The van der Waals surface area contributed by atoms with E-state index in [2.05, 4.69) is 20.9 Å². The van der Waals surface area contributed by atoms with Gasteiger partial charge in [-0.25, -0.2) is 0 Å². The van der Waals surface area contributed by atoms with Gasteiger partial charge in [-0.05, 0) is 23.8 Å². The van der Waals surface area contributed by atoms with Gasteiger partial charge in [0.1, 0.15) is 0 Å². The molecule has 0 spiro atoms. The molecular weight excluding hydrogens is 336 g/mol. The third-order valence-electron chi connectivity index (χ3n) is 4.88. The van der Waals surface area contributed by atoms with Gasteiger partial charge in [-0.3, -0.25) is 19.7 Å². The highest BCUT2D eigenvalue weighted by atomic mass is 16.2. The van der Waals surface area contributed by atoms with E-state index >= 15 is 0 Å². The van der Waals surface area contributed by atoms with Gasteiger partial charge in [0.25, 0.3) is 0 Å². The molecule has 0 bridgehead atoms. The van der Waals surface area contributed by atoms with Gasteiger partial charge in [-0.1, -0.05) is 30.3 Å². The molecule has 1 amide bonds. The summed E-state index contributed by atoms with van der Waals surface area (Å²) in [6, 6.07) is 14.0. The standard InChI is InChI=1S/C22H22N4O/c27-21(9-8-20-6-1-5-19-7-3-11-24-22(19)20)26-14-12-25(13-15-26)17-18-4-2-10-23-16-18/h1-11,16H,12-15,17H2/b9-8+. The largest absolute Gasteiger partial charge is 0.337 e. The highest BCUT2D eigenvalue weighted by Crippen LogP contribution is 2.17. The lowest BCUT2D eigenvalue weighted by molar-refractivity contribution is -0.127. The van der Waals surface area contributed by atoms with Gasteiger partial charge in [-0.2, -0.15) is 0 Å². The van der Waals surface area contributed by atoms with Crippen molar-refractivity contribution in [3.63, 3.8) is 0 Å². The van der Waals surface area contributed by atoms with Gasteiger partial charge in [0.15, 0.2) is 0 Å². The Morgan fingerprint density at radius 1 is 1.00 bits per heavy atom. The smallest absolute Gasteiger partial charge is 0.246 e. The lowest BCUT2D eigenvalue weighted by Crippen LogP contribution is -2.47. The molecule has 0 saturated carbocycles. The fraction of sp³-hybridized carbons (Fsp3) is 0.227. The number of rotatable bonds is 4. The molecule has 1 aromatic carbocycles. The summed E-state index contributed by atoms with van der Waals surface area (Å²) >= 11 is 0. The molecule has 136 valence electrons. The molecule has 3 heterocycles. The third kappa shape index (κ3) is 4.20. The van der Waals surface area contributed by atoms with E-state index in [4.69, 9.17) is 0 Å². The number of piperazine rings is 1. The first-order valence-electron chi connectivity index (χ1n) is 9.21. The van der Waals surface area contributed by atoms with E-state index in [1.54, 1.807) is 18.5 Å². The second kappa shape index (κ2) is 8.10. The van der Waals surface area contributed by atoms with Crippen LogP contribution in [0.5, 0.6) is 0 Å². The molecule has 2 aromatic heterocycles. The number of fused-ring (bicyclic) bond motifs is 1. The molecule has 1 aliphatic heterocycles. The van der Waals surface area contributed by atoms with Crippen molar-refractivity contribution in [2.75, 3.05) is 26.2 Å². The summed E-state index contributed by atoms with van der Waals surface area (Å²) in [5, 5.41) is 1.08. The molecule has 1 saturated heterocycles. The van der Waals surface area contributed by atoms with Crippen molar-refractivity contribution in [1.29, 1.82) is 0 Å². The minimum atomic E-state index is 0.0592. The Balaban J connectivity index is 1.36. The van der Waals surface area contributed by atoms with Crippen LogP contribution in [0.25, 0.3) is 17.0 Å². The van der Waals surface area contributed by atoms with Crippen LogP contribution in [0.1, 0.15) is 11.1 Å². The summed E-state index contributed by atoms with van der Waals surface area (Å²) in [5.74, 6) is 0.0592. The van der Waals surface area contributed by atoms with Crippen molar-refractivity contribution in [2.24, 2.45) is 0 Å². The first-order valence-corrected chi connectivity index (χ1v) is 9.21. The van der Waals surface area contributed by atoms with Crippen LogP contribution in [0, 0.1) is 0 Å². The number of pyridine rings is 2. The minimum Gasteiger partial charge on any atom is -0.337 e. The number of amides is 1. The van der Waals surface area contributed by atoms with Gasteiger partial charge in [0.2, 0.25) is 5.91 Å². The van der Waals surface area contributed by atoms with Crippen LogP contribution in [-0.4, -0.2) is 51.9 Å². The van der Waals surface area contributed by atoms with Crippen molar-refractivity contribution >= 4 is 22.9 Å². The zero-order chi connectivity index (χ0) is 18.5. The first-order chi connectivity index (χ1) is 13.3. The maximum absolute atomic E-state index is 12.6. The SMILES string of the molecule is O=C(/C=C/c1cccc2cccnc12)N1CCN(Cc2cccnc2)CC1. The number of carbonyl (C=O) groups is 1. The van der Waals surface area contributed by atoms with Crippen LogP contribution in [-0.2, 0) is 11.3 Å². The fourth-order valence-corrected chi connectivity index (χ4v) is 3.41. The molecule has 1 aliphatic rings. The zero-order valence-corrected chi connectivity index (χ0v) is 15.2. The average molecular weight is 358 g/mol. The van der Waals surface area contributed by atoms with Crippen LogP contribution < -0.4 is 0 Å². The maximum Gasteiger partial charge on any atom is 0.246 e. The summed E-state index contributed by atoms with van der Waals surface area (Å²) < 4.78 is 0. The van der Waals surface area contributed by atoms with Crippen LogP contribution >= 0.6 is 0 Å². The van der Waals surface area contributed by atoms with Crippen molar-refractivity contribution in [3.8, 4) is 0 Å². The Morgan fingerprint density at radius 3 is 2.63 bits per heavy atom. The van der Waals surface area contributed by atoms with E-state index in [-0.39, 0.29) is 5.91 Å². The molecule has 4 rings (SSSR count). The Morgan fingerprint density at radius 2 is 1.81 bits per heavy atom. The van der Waals surface area contributed by atoms with Gasteiger partial charge < -0.3 is 4.90 Å². The van der Waals surface area contributed by atoms with Crippen LogP contribution in [0.15, 0.2) is 67.1 Å². The van der Waals surface area contributed by atoms with E-state index in [1.165, 1.54) is 5.56 Å². The van der Waals surface area contributed by atoms with E-state index in [0.717, 1.165) is 49.2 Å². The lowest BCUT2D eigenvalue weighted by Gasteiger charge is -2.34. The molecular formula is C22H22N4O. The summed E-state index contributed by atoms with van der Waals surface area (Å²) in [5.41, 5.74) is 3.10. The first kappa shape index (κ1) is 17.4. The molecule has 3 aromatic rings. The van der Waals surface area contributed by atoms with Crippen LogP contribution in [0.4, 0.5) is 0 Å². The lowest BCUT2D eigenvalue weighted by atomic mass is 10.1. The Kier molecular flexibility index (Phi) is 5.21. The number of para-hydroxylation sites is 1. The predicted octanol–water partition coefficient (Wildman–Crippen LogP) is 2.99. The molecule has 0 N–H and O–H groups in total. The second-order valence-corrected chi connectivity index (χ2v) is 6.72. The Bertz CT molecular complexity index is 941. The highest BCUT2D eigenvalue weighted by molar-refractivity contribution is 5.95. The number of benzene rings is 1. The van der Waals surface area contributed by atoms with Crippen molar-refractivity contribution in [3.05, 3.63) is 78.3 Å². The molecule has 5 nitrogen and oxygen atoms in total. The van der Waals surface area contributed by atoms with E-state index in [1.807, 2.05) is 53.6 Å². The summed E-state index contributed by atoms with van der Waals surface area (Å²) in [4.78, 5) is 25.4. The fourth-order valence-electron chi connectivity index (χ4n) is 3.41. The summed E-state index contributed by atoms with van der Waals surface area (Å²) in [6.07, 6.45) is 9.01. The molecule has 5 heteroatoms. The minimum absolute atomic E-state index is 0.0592. The predicted molar refractivity (Wildman–Crippen MR) is 107 cm³/mol. The topological polar surface area (TPSA) is 49.3 Å². The molecule has 27 heavy (non-hydrogen) atoms. The molecule has 0 aliphatic carbocycles. The van der Waals surface area contributed by atoms with Gasteiger partial charge in [0.05, 0.1) is 5.52 Å². The summed E-state index contributed by atoms with van der Waals surface area (Å²) in [6.45, 7) is 4.14. The average Bonchev–Trinajstić information content (AvgIpc) is 2.73. The Hall–Kier alpha value is -3.05. The van der Waals surface area contributed by atoms with E-state index in [0.29, 0.717) is 0 Å². The number of nitrogens with zero attached hydrogens (tertiary/aromatic N) is 4. The third-order valence-corrected chi connectivity index (χ3v) is 4.88. The van der Waals surface area contributed by atoms with Crippen molar-refractivity contribution in [1.82, 2.24) is 19.8 Å². The molecule has 0 radical (unpaired) electrons. The molecule has 0 unspecified atom stereocenters. The number of hydrogen-bond donors (Lipinski definition) is 0.